The number of thioether (sulfide) groups is 1. The van der Waals surface area contributed by atoms with Crippen LogP contribution in [-0.2, 0) is 4.74 Å². The average molecular weight is 375 g/mol. The standard InChI is InChI=1S/C17H34N4O3S/c1-7-18-13(20-11-17(23)8-9-25-12-17)19-10-16(5,6)21-14(22)24-15(2,3)4/h23H,7-12H2,1-6H3,(H,21,22)(H2,18,19,20). The summed E-state index contributed by atoms with van der Waals surface area (Å²) in [5, 5.41) is 19.6. The zero-order valence-corrected chi connectivity index (χ0v) is 17.2. The predicted molar refractivity (Wildman–Crippen MR) is 104 cm³/mol. The van der Waals surface area contributed by atoms with Gasteiger partial charge in [-0.05, 0) is 53.7 Å². The van der Waals surface area contributed by atoms with Crippen molar-refractivity contribution >= 4 is 23.8 Å². The topological polar surface area (TPSA) is 95.0 Å². The lowest BCUT2D eigenvalue weighted by Crippen LogP contribution is -2.50. The number of amides is 1. The van der Waals surface area contributed by atoms with Gasteiger partial charge in [0.2, 0.25) is 0 Å². The van der Waals surface area contributed by atoms with Gasteiger partial charge in [-0.1, -0.05) is 0 Å². The van der Waals surface area contributed by atoms with Crippen LogP contribution in [0.25, 0.3) is 0 Å². The molecule has 1 aliphatic heterocycles. The number of alkyl carbamates (subject to hydrolysis) is 1. The summed E-state index contributed by atoms with van der Waals surface area (Å²) in [6.07, 6.45) is 0.332. The van der Waals surface area contributed by atoms with Crippen molar-refractivity contribution in [2.24, 2.45) is 4.99 Å². The van der Waals surface area contributed by atoms with Gasteiger partial charge >= 0.3 is 6.09 Å². The Morgan fingerprint density at radius 2 is 1.96 bits per heavy atom. The van der Waals surface area contributed by atoms with Crippen molar-refractivity contribution in [2.75, 3.05) is 31.1 Å². The van der Waals surface area contributed by atoms with E-state index in [0.29, 0.717) is 19.0 Å². The fourth-order valence-corrected chi connectivity index (χ4v) is 3.52. The molecule has 25 heavy (non-hydrogen) atoms. The van der Waals surface area contributed by atoms with Gasteiger partial charge in [0.25, 0.3) is 0 Å². The number of rotatable bonds is 6. The van der Waals surface area contributed by atoms with Gasteiger partial charge in [-0.3, -0.25) is 4.99 Å². The lowest BCUT2D eigenvalue weighted by molar-refractivity contribution is 0.0476. The summed E-state index contributed by atoms with van der Waals surface area (Å²) < 4.78 is 5.29. The Morgan fingerprint density at radius 1 is 1.28 bits per heavy atom. The molecule has 0 spiro atoms. The summed E-state index contributed by atoms with van der Waals surface area (Å²) in [4.78, 5) is 16.5. The first-order chi connectivity index (χ1) is 11.4. The van der Waals surface area contributed by atoms with E-state index in [2.05, 4.69) is 20.9 Å². The van der Waals surface area contributed by atoms with Gasteiger partial charge in [-0.25, -0.2) is 4.79 Å². The Hall–Kier alpha value is -1.15. The van der Waals surface area contributed by atoms with Crippen LogP contribution >= 0.6 is 11.8 Å². The second-order valence-corrected chi connectivity index (χ2v) is 9.19. The summed E-state index contributed by atoms with van der Waals surface area (Å²) in [7, 11) is 0. The summed E-state index contributed by atoms with van der Waals surface area (Å²) in [5.41, 5.74) is -1.76. The Morgan fingerprint density at radius 3 is 2.48 bits per heavy atom. The minimum Gasteiger partial charge on any atom is -0.444 e. The first kappa shape index (κ1) is 21.9. The Labute approximate surface area is 155 Å². The van der Waals surface area contributed by atoms with Crippen LogP contribution in [0, 0.1) is 0 Å². The van der Waals surface area contributed by atoms with Crippen molar-refractivity contribution in [2.45, 2.75) is 64.7 Å². The van der Waals surface area contributed by atoms with Gasteiger partial charge in [-0.2, -0.15) is 11.8 Å². The third-order valence-electron chi connectivity index (χ3n) is 3.48. The number of nitrogens with zero attached hydrogens (tertiary/aromatic N) is 1. The van der Waals surface area contributed by atoms with Crippen LogP contribution in [0.1, 0.15) is 48.0 Å². The molecule has 4 N–H and O–H groups in total. The van der Waals surface area contributed by atoms with E-state index in [4.69, 9.17) is 4.74 Å². The van der Waals surface area contributed by atoms with E-state index in [1.54, 1.807) is 11.8 Å². The SMILES string of the molecule is CCNC(=NCC(C)(C)NC(=O)OC(C)(C)C)NCC1(O)CCSC1. The number of aliphatic hydroxyl groups is 1. The average Bonchev–Trinajstić information content (AvgIpc) is 2.86. The second kappa shape index (κ2) is 8.98. The van der Waals surface area contributed by atoms with Crippen molar-refractivity contribution in [3.8, 4) is 0 Å². The molecule has 0 aromatic rings. The first-order valence-electron chi connectivity index (χ1n) is 8.78. The summed E-state index contributed by atoms with van der Waals surface area (Å²) in [5.74, 6) is 2.36. The summed E-state index contributed by atoms with van der Waals surface area (Å²) in [6.45, 7) is 12.8. The molecule has 0 aromatic carbocycles. The highest BCUT2D eigenvalue weighted by Gasteiger charge is 2.32. The maximum atomic E-state index is 11.9. The smallest absolute Gasteiger partial charge is 0.408 e. The second-order valence-electron chi connectivity index (χ2n) is 8.09. The zero-order valence-electron chi connectivity index (χ0n) is 16.4. The molecular formula is C17H34N4O3S. The third-order valence-corrected chi connectivity index (χ3v) is 4.72. The molecule has 1 heterocycles. The normalized spacial score (nSPS) is 21.8. The molecule has 1 fully saturated rings. The quantitative estimate of drug-likeness (QED) is 0.418. The van der Waals surface area contributed by atoms with E-state index < -0.39 is 22.8 Å². The molecule has 146 valence electrons. The molecule has 1 aliphatic rings. The van der Waals surface area contributed by atoms with Crippen LogP contribution in [0.4, 0.5) is 4.79 Å². The molecule has 1 saturated heterocycles. The first-order valence-corrected chi connectivity index (χ1v) is 9.94. The van der Waals surface area contributed by atoms with Crippen LogP contribution in [-0.4, -0.2) is 65.0 Å². The van der Waals surface area contributed by atoms with Gasteiger partial charge in [0.15, 0.2) is 5.96 Å². The fraction of sp³-hybridized carbons (Fsp3) is 0.882. The van der Waals surface area contributed by atoms with Crippen molar-refractivity contribution in [3.05, 3.63) is 0 Å². The molecule has 0 bridgehead atoms. The molecule has 1 unspecified atom stereocenters. The van der Waals surface area contributed by atoms with Crippen molar-refractivity contribution in [1.82, 2.24) is 16.0 Å². The van der Waals surface area contributed by atoms with Crippen LogP contribution < -0.4 is 16.0 Å². The predicted octanol–water partition coefficient (Wildman–Crippen LogP) is 1.71. The highest BCUT2D eigenvalue weighted by Crippen LogP contribution is 2.26. The highest BCUT2D eigenvalue weighted by molar-refractivity contribution is 7.99. The van der Waals surface area contributed by atoms with Gasteiger partial charge in [0.1, 0.15) is 5.60 Å². The summed E-state index contributed by atoms with van der Waals surface area (Å²) >= 11 is 1.76. The molecule has 7 nitrogen and oxygen atoms in total. The number of hydrogen-bond acceptors (Lipinski definition) is 5. The molecule has 8 heteroatoms. The van der Waals surface area contributed by atoms with Crippen molar-refractivity contribution in [3.63, 3.8) is 0 Å². The molecule has 0 aliphatic carbocycles. The van der Waals surface area contributed by atoms with E-state index in [-0.39, 0.29) is 0 Å². The van der Waals surface area contributed by atoms with Crippen LogP contribution in [0.3, 0.4) is 0 Å². The van der Waals surface area contributed by atoms with Crippen molar-refractivity contribution < 1.29 is 14.6 Å². The van der Waals surface area contributed by atoms with Crippen molar-refractivity contribution in [1.29, 1.82) is 0 Å². The van der Waals surface area contributed by atoms with Gasteiger partial charge in [0, 0.05) is 18.8 Å². The third kappa shape index (κ3) is 9.21. The van der Waals surface area contributed by atoms with Crippen LogP contribution in [0.5, 0.6) is 0 Å². The minimum absolute atomic E-state index is 0.384. The number of nitrogens with one attached hydrogen (secondary N) is 3. The maximum Gasteiger partial charge on any atom is 0.408 e. The molecule has 1 amide bonds. The van der Waals surface area contributed by atoms with Gasteiger partial charge in [0.05, 0.1) is 17.7 Å². The zero-order chi connectivity index (χ0) is 19.1. The Bertz CT molecular complexity index is 469. The molecule has 0 saturated carbocycles. The van der Waals surface area contributed by atoms with E-state index >= 15 is 0 Å². The van der Waals surface area contributed by atoms with E-state index in [9.17, 15) is 9.90 Å². The monoisotopic (exact) mass is 374 g/mol. The van der Waals surface area contributed by atoms with Gasteiger partial charge in [-0.15, -0.1) is 0 Å². The minimum atomic E-state index is -0.675. The number of carbonyl (C=O) groups is 1. The number of ether oxygens (including phenoxy) is 1. The number of carbonyl (C=O) groups excluding carboxylic acids is 1. The molecule has 0 radical (unpaired) electrons. The molecule has 0 aromatic heterocycles. The molecule has 1 rings (SSSR count). The van der Waals surface area contributed by atoms with Crippen LogP contribution in [0.2, 0.25) is 0 Å². The molecule has 1 atom stereocenters. The van der Waals surface area contributed by atoms with E-state index in [1.165, 1.54) is 0 Å². The number of hydrogen-bond donors (Lipinski definition) is 4. The van der Waals surface area contributed by atoms with E-state index in [0.717, 1.165) is 24.5 Å². The molecular weight excluding hydrogens is 340 g/mol. The van der Waals surface area contributed by atoms with Crippen LogP contribution in [0.15, 0.2) is 4.99 Å². The van der Waals surface area contributed by atoms with E-state index in [1.807, 2.05) is 41.5 Å². The maximum absolute atomic E-state index is 11.9. The Balaban J connectivity index is 2.57. The fourth-order valence-electron chi connectivity index (χ4n) is 2.22. The summed E-state index contributed by atoms with van der Waals surface area (Å²) in [6, 6.07) is 0. The number of guanidine groups is 1. The lowest BCUT2D eigenvalue weighted by Gasteiger charge is -2.28. The largest absolute Gasteiger partial charge is 0.444 e. The number of aliphatic imine (C=N–C) groups is 1. The lowest BCUT2D eigenvalue weighted by atomic mass is 10.0. The Kier molecular flexibility index (Phi) is 7.87. The van der Waals surface area contributed by atoms with Gasteiger partial charge < -0.3 is 25.8 Å². The highest BCUT2D eigenvalue weighted by atomic mass is 32.2.